The van der Waals surface area contributed by atoms with Gasteiger partial charge in [0.25, 0.3) is 5.91 Å². The predicted molar refractivity (Wildman–Crippen MR) is 130 cm³/mol. The summed E-state index contributed by atoms with van der Waals surface area (Å²) < 4.78 is 2.10. The summed E-state index contributed by atoms with van der Waals surface area (Å²) in [6.07, 6.45) is 4.89. The lowest BCUT2D eigenvalue weighted by molar-refractivity contribution is 0.102. The number of halogens is 2. The van der Waals surface area contributed by atoms with Crippen molar-refractivity contribution >= 4 is 40.6 Å². The smallest absolute Gasteiger partial charge is 0.255 e. The first kappa shape index (κ1) is 22.6. The Balaban J connectivity index is 1.40. The Labute approximate surface area is 198 Å². The van der Waals surface area contributed by atoms with Gasteiger partial charge in [0.05, 0.1) is 16.4 Å². The van der Waals surface area contributed by atoms with Gasteiger partial charge < -0.3 is 10.2 Å². The maximum absolute atomic E-state index is 12.7. The number of aromatic nitrogens is 3. The van der Waals surface area contributed by atoms with Crippen LogP contribution in [-0.4, -0.2) is 33.8 Å². The Kier molecular flexibility index (Phi) is 7.01. The summed E-state index contributed by atoms with van der Waals surface area (Å²) in [6.45, 7) is 6.86. The molecule has 0 radical (unpaired) electrons. The van der Waals surface area contributed by atoms with Crippen LogP contribution in [0.2, 0.25) is 10.0 Å². The lowest BCUT2D eigenvalue weighted by Crippen LogP contribution is -2.35. The predicted octanol–water partition coefficient (Wildman–Crippen LogP) is 5.76. The highest BCUT2D eigenvalue weighted by Crippen LogP contribution is 2.31. The number of hydrogen-bond acceptors (Lipinski definition) is 4. The van der Waals surface area contributed by atoms with Crippen molar-refractivity contribution in [1.82, 2.24) is 14.8 Å². The number of nitrogens with zero attached hydrogens (tertiary/aromatic N) is 4. The van der Waals surface area contributed by atoms with Gasteiger partial charge in [-0.25, -0.2) is 4.98 Å². The Morgan fingerprint density at radius 2 is 1.91 bits per heavy atom. The summed E-state index contributed by atoms with van der Waals surface area (Å²) in [5.74, 6) is 1.16. The number of aryl methyl sites for hydroxylation is 3. The third-order valence-corrected chi connectivity index (χ3v) is 6.38. The van der Waals surface area contributed by atoms with E-state index in [-0.39, 0.29) is 5.91 Å². The summed E-state index contributed by atoms with van der Waals surface area (Å²) in [5.41, 5.74) is 3.39. The fraction of sp³-hybridized carbons (Fsp3) is 0.375. The standard InChI is InChI=1S/C24H27Cl2N5O/c1-16-12-17(2)31(29-16)11-8-18-6-9-30(10-7-18)23-22(14-21(26)15-27-23)28-24(32)19-4-3-5-20(25)13-19/h3-5,12-15,18H,6-11H2,1-2H3,(H,28,32). The summed E-state index contributed by atoms with van der Waals surface area (Å²) in [5, 5.41) is 8.53. The van der Waals surface area contributed by atoms with E-state index in [0.717, 1.165) is 50.4 Å². The van der Waals surface area contributed by atoms with Gasteiger partial charge in [-0.05, 0) is 69.4 Å². The van der Waals surface area contributed by atoms with Gasteiger partial charge in [-0.1, -0.05) is 29.3 Å². The molecular formula is C24H27Cl2N5O. The molecule has 0 spiro atoms. The zero-order valence-corrected chi connectivity index (χ0v) is 19.8. The maximum Gasteiger partial charge on any atom is 0.255 e. The number of nitrogens with one attached hydrogen (secondary N) is 1. The Hall–Kier alpha value is -2.57. The van der Waals surface area contributed by atoms with Crippen molar-refractivity contribution in [3.05, 3.63) is 69.6 Å². The zero-order valence-electron chi connectivity index (χ0n) is 18.3. The van der Waals surface area contributed by atoms with E-state index in [1.165, 1.54) is 5.69 Å². The second-order valence-corrected chi connectivity index (χ2v) is 9.23. The van der Waals surface area contributed by atoms with E-state index in [9.17, 15) is 4.79 Å². The van der Waals surface area contributed by atoms with Gasteiger partial charge in [0.15, 0.2) is 5.82 Å². The first-order valence-electron chi connectivity index (χ1n) is 10.9. The van der Waals surface area contributed by atoms with Crippen molar-refractivity contribution in [2.45, 2.75) is 39.7 Å². The quantitative estimate of drug-likeness (QED) is 0.496. The van der Waals surface area contributed by atoms with Crippen LogP contribution in [0.25, 0.3) is 0 Å². The summed E-state index contributed by atoms with van der Waals surface area (Å²) in [7, 11) is 0. The van der Waals surface area contributed by atoms with Gasteiger partial charge in [0.2, 0.25) is 0 Å². The number of rotatable bonds is 6. The third-order valence-electron chi connectivity index (χ3n) is 5.93. The molecule has 1 saturated heterocycles. The van der Waals surface area contributed by atoms with E-state index in [2.05, 4.69) is 38.0 Å². The molecule has 4 rings (SSSR count). The minimum absolute atomic E-state index is 0.238. The highest BCUT2D eigenvalue weighted by atomic mass is 35.5. The molecule has 1 amide bonds. The Morgan fingerprint density at radius 3 is 2.59 bits per heavy atom. The van der Waals surface area contributed by atoms with Crippen molar-refractivity contribution < 1.29 is 4.79 Å². The first-order chi connectivity index (χ1) is 15.4. The number of benzene rings is 1. The number of hydrogen-bond donors (Lipinski definition) is 1. The van der Waals surface area contributed by atoms with Crippen molar-refractivity contribution in [2.75, 3.05) is 23.3 Å². The van der Waals surface area contributed by atoms with Crippen LogP contribution in [0.3, 0.4) is 0 Å². The highest BCUT2D eigenvalue weighted by molar-refractivity contribution is 6.31. The summed E-state index contributed by atoms with van der Waals surface area (Å²) in [6, 6.07) is 10.7. The molecule has 1 aromatic carbocycles. The molecule has 0 bridgehead atoms. The molecule has 6 nitrogen and oxygen atoms in total. The van der Waals surface area contributed by atoms with Gasteiger partial charge in [-0.2, -0.15) is 5.10 Å². The molecule has 1 N–H and O–H groups in total. The zero-order chi connectivity index (χ0) is 22.7. The molecule has 8 heteroatoms. The molecule has 3 aromatic rings. The van der Waals surface area contributed by atoms with Crippen LogP contribution < -0.4 is 10.2 Å². The van der Waals surface area contributed by atoms with Crippen LogP contribution in [-0.2, 0) is 6.54 Å². The normalized spacial score (nSPS) is 14.6. The van der Waals surface area contributed by atoms with Gasteiger partial charge >= 0.3 is 0 Å². The van der Waals surface area contributed by atoms with E-state index in [1.54, 1.807) is 36.5 Å². The molecule has 1 aliphatic rings. The van der Waals surface area contributed by atoms with Crippen LogP contribution in [0.5, 0.6) is 0 Å². The van der Waals surface area contributed by atoms with Crippen molar-refractivity contribution in [3.8, 4) is 0 Å². The molecule has 0 atom stereocenters. The molecular weight excluding hydrogens is 445 g/mol. The topological polar surface area (TPSA) is 63.1 Å². The van der Waals surface area contributed by atoms with Crippen LogP contribution in [0.15, 0.2) is 42.6 Å². The molecule has 32 heavy (non-hydrogen) atoms. The number of carbonyl (C=O) groups is 1. The van der Waals surface area contributed by atoms with Crippen LogP contribution >= 0.6 is 23.2 Å². The first-order valence-corrected chi connectivity index (χ1v) is 11.6. The van der Waals surface area contributed by atoms with Crippen molar-refractivity contribution in [1.29, 1.82) is 0 Å². The molecule has 1 aliphatic heterocycles. The molecule has 3 heterocycles. The van der Waals surface area contributed by atoms with Crippen molar-refractivity contribution in [3.63, 3.8) is 0 Å². The lowest BCUT2D eigenvalue weighted by Gasteiger charge is -2.34. The molecule has 2 aromatic heterocycles. The number of amides is 1. The number of anilines is 2. The minimum Gasteiger partial charge on any atom is -0.355 e. The average molecular weight is 472 g/mol. The number of pyridine rings is 1. The maximum atomic E-state index is 12.7. The molecule has 0 unspecified atom stereocenters. The Bertz CT molecular complexity index is 1110. The molecule has 1 fully saturated rings. The summed E-state index contributed by atoms with van der Waals surface area (Å²) in [4.78, 5) is 19.5. The van der Waals surface area contributed by atoms with Gasteiger partial charge in [-0.15, -0.1) is 0 Å². The highest BCUT2D eigenvalue weighted by Gasteiger charge is 2.23. The largest absolute Gasteiger partial charge is 0.355 e. The minimum atomic E-state index is -0.238. The van der Waals surface area contributed by atoms with Crippen LogP contribution in [0.1, 0.15) is 41.0 Å². The van der Waals surface area contributed by atoms with E-state index in [1.807, 2.05) is 6.92 Å². The molecule has 0 aliphatic carbocycles. The van der Waals surface area contributed by atoms with Crippen LogP contribution in [0, 0.1) is 19.8 Å². The van der Waals surface area contributed by atoms with E-state index < -0.39 is 0 Å². The average Bonchev–Trinajstić information content (AvgIpc) is 3.10. The lowest BCUT2D eigenvalue weighted by atomic mass is 9.93. The van der Waals surface area contributed by atoms with Crippen LogP contribution in [0.4, 0.5) is 11.5 Å². The molecule has 0 saturated carbocycles. The third kappa shape index (κ3) is 5.43. The van der Waals surface area contributed by atoms with Gasteiger partial charge in [0, 0.05) is 42.1 Å². The Morgan fingerprint density at radius 1 is 1.12 bits per heavy atom. The number of piperidine rings is 1. The fourth-order valence-corrected chi connectivity index (χ4v) is 4.59. The fourth-order valence-electron chi connectivity index (χ4n) is 4.24. The second-order valence-electron chi connectivity index (χ2n) is 8.36. The van der Waals surface area contributed by atoms with E-state index in [0.29, 0.717) is 27.2 Å². The van der Waals surface area contributed by atoms with E-state index in [4.69, 9.17) is 23.2 Å². The summed E-state index contributed by atoms with van der Waals surface area (Å²) >= 11 is 12.2. The van der Waals surface area contributed by atoms with Gasteiger partial charge in [0.1, 0.15) is 0 Å². The van der Waals surface area contributed by atoms with Crippen molar-refractivity contribution in [2.24, 2.45) is 5.92 Å². The molecule has 168 valence electrons. The second kappa shape index (κ2) is 9.92. The van der Waals surface area contributed by atoms with Gasteiger partial charge in [-0.3, -0.25) is 9.48 Å². The number of carbonyl (C=O) groups excluding carboxylic acids is 1. The van der Waals surface area contributed by atoms with E-state index >= 15 is 0 Å². The monoisotopic (exact) mass is 471 g/mol. The SMILES string of the molecule is Cc1cc(C)n(CCC2CCN(c3ncc(Cl)cc3NC(=O)c3cccc(Cl)c3)CC2)n1.